The molecular formula is C11H10F2N4O2S. The number of benzene rings is 1. The molecular weight excluding hydrogens is 290 g/mol. The molecule has 1 N–H and O–H groups in total. The van der Waals surface area contributed by atoms with Gasteiger partial charge in [0.1, 0.15) is 10.8 Å². The Balaban J connectivity index is 2.16. The van der Waals surface area contributed by atoms with Gasteiger partial charge in [-0.25, -0.2) is 4.39 Å². The minimum Gasteiger partial charge on any atom is -0.356 e. The van der Waals surface area contributed by atoms with Crippen molar-refractivity contribution in [2.24, 2.45) is 0 Å². The highest BCUT2D eigenvalue weighted by Gasteiger charge is 2.18. The second-order valence-electron chi connectivity index (χ2n) is 3.86. The first kappa shape index (κ1) is 14.3. The van der Waals surface area contributed by atoms with E-state index in [4.69, 9.17) is 0 Å². The van der Waals surface area contributed by atoms with Gasteiger partial charge in [0, 0.05) is 24.2 Å². The first-order valence-electron chi connectivity index (χ1n) is 5.69. The monoisotopic (exact) mass is 300 g/mol. The Morgan fingerprint density at radius 2 is 2.10 bits per heavy atom. The van der Waals surface area contributed by atoms with Crippen molar-refractivity contribution in [2.45, 2.75) is 19.9 Å². The van der Waals surface area contributed by atoms with Gasteiger partial charge in [-0.1, -0.05) is 18.3 Å². The summed E-state index contributed by atoms with van der Waals surface area (Å²) in [6, 6.07) is 1.38. The summed E-state index contributed by atoms with van der Waals surface area (Å²) >= 11 is 1.31. The van der Waals surface area contributed by atoms with Gasteiger partial charge < -0.3 is 5.32 Å². The summed E-state index contributed by atoms with van der Waals surface area (Å²) in [5, 5.41) is 22.4. The fraction of sp³-hybridized carbons (Fsp3) is 0.273. The predicted molar refractivity (Wildman–Crippen MR) is 69.6 cm³/mol. The van der Waals surface area contributed by atoms with Gasteiger partial charge in [-0.3, -0.25) is 10.1 Å². The normalized spacial score (nSPS) is 10.6. The summed E-state index contributed by atoms with van der Waals surface area (Å²) < 4.78 is 26.7. The second kappa shape index (κ2) is 5.87. The number of halogens is 2. The van der Waals surface area contributed by atoms with Crippen LogP contribution in [-0.4, -0.2) is 15.1 Å². The maximum Gasteiger partial charge on any atom is 0.305 e. The molecule has 20 heavy (non-hydrogen) atoms. The molecule has 0 aliphatic carbocycles. The van der Waals surface area contributed by atoms with Crippen molar-refractivity contribution in [3.8, 4) is 0 Å². The molecule has 2 aromatic rings. The van der Waals surface area contributed by atoms with Gasteiger partial charge in [-0.2, -0.15) is 4.39 Å². The van der Waals surface area contributed by atoms with Crippen LogP contribution in [0.4, 0.5) is 19.6 Å². The lowest BCUT2D eigenvalue weighted by molar-refractivity contribution is -0.387. The molecule has 1 aromatic heterocycles. The smallest absolute Gasteiger partial charge is 0.305 e. The Morgan fingerprint density at radius 3 is 2.70 bits per heavy atom. The van der Waals surface area contributed by atoms with Crippen molar-refractivity contribution >= 4 is 22.2 Å². The third kappa shape index (κ3) is 3.05. The average molecular weight is 300 g/mol. The van der Waals surface area contributed by atoms with Gasteiger partial charge in [0.25, 0.3) is 0 Å². The van der Waals surface area contributed by atoms with Gasteiger partial charge in [0.05, 0.1) is 4.92 Å². The van der Waals surface area contributed by atoms with Crippen LogP contribution in [0, 0.1) is 21.7 Å². The Hall–Kier alpha value is -2.16. The number of aromatic nitrogens is 2. The fourth-order valence-electron chi connectivity index (χ4n) is 1.49. The van der Waals surface area contributed by atoms with Crippen LogP contribution in [-0.2, 0) is 13.0 Å². The van der Waals surface area contributed by atoms with Crippen LogP contribution in [0.25, 0.3) is 0 Å². The molecule has 0 aliphatic rings. The van der Waals surface area contributed by atoms with Gasteiger partial charge in [-0.15, -0.1) is 10.2 Å². The number of hydrogen-bond acceptors (Lipinski definition) is 6. The third-order valence-corrected chi connectivity index (χ3v) is 3.54. The zero-order chi connectivity index (χ0) is 14.7. The quantitative estimate of drug-likeness (QED) is 0.678. The fourth-order valence-corrected chi connectivity index (χ4v) is 2.17. The highest BCUT2D eigenvalue weighted by atomic mass is 32.1. The zero-order valence-electron chi connectivity index (χ0n) is 10.4. The van der Waals surface area contributed by atoms with Gasteiger partial charge in [-0.05, 0) is 6.42 Å². The van der Waals surface area contributed by atoms with E-state index >= 15 is 0 Å². The summed E-state index contributed by atoms with van der Waals surface area (Å²) in [5.41, 5.74) is -0.763. The van der Waals surface area contributed by atoms with E-state index in [9.17, 15) is 18.9 Å². The molecule has 9 heteroatoms. The van der Waals surface area contributed by atoms with Crippen LogP contribution in [0.1, 0.15) is 17.5 Å². The maximum absolute atomic E-state index is 13.5. The number of anilines is 1. The van der Waals surface area contributed by atoms with Crippen LogP contribution in [0.5, 0.6) is 0 Å². The zero-order valence-corrected chi connectivity index (χ0v) is 11.2. The van der Waals surface area contributed by atoms with E-state index in [-0.39, 0.29) is 12.1 Å². The van der Waals surface area contributed by atoms with Crippen molar-refractivity contribution in [1.29, 1.82) is 0 Å². The SMILES string of the molecule is CCc1nnc(NCc2cc([N+](=O)[O-])c(F)cc2F)s1. The van der Waals surface area contributed by atoms with E-state index < -0.39 is 22.2 Å². The summed E-state index contributed by atoms with van der Waals surface area (Å²) in [5.74, 6) is -2.04. The molecule has 0 bridgehead atoms. The van der Waals surface area contributed by atoms with E-state index in [0.29, 0.717) is 11.2 Å². The molecule has 1 heterocycles. The second-order valence-corrected chi connectivity index (χ2v) is 4.92. The van der Waals surface area contributed by atoms with Crippen LogP contribution in [0.2, 0.25) is 0 Å². The number of nitrogens with zero attached hydrogens (tertiary/aromatic N) is 3. The van der Waals surface area contributed by atoms with E-state index in [0.717, 1.165) is 17.5 Å². The van der Waals surface area contributed by atoms with E-state index in [1.165, 1.54) is 11.3 Å². The first-order valence-corrected chi connectivity index (χ1v) is 6.51. The summed E-state index contributed by atoms with van der Waals surface area (Å²) in [6.45, 7) is 1.89. The minimum atomic E-state index is -1.19. The summed E-state index contributed by atoms with van der Waals surface area (Å²) in [7, 11) is 0. The Labute approximate surface area is 116 Å². The minimum absolute atomic E-state index is 0.00801. The molecule has 0 atom stereocenters. The average Bonchev–Trinajstić information content (AvgIpc) is 2.85. The molecule has 2 rings (SSSR count). The van der Waals surface area contributed by atoms with Crippen LogP contribution in [0.3, 0.4) is 0 Å². The van der Waals surface area contributed by atoms with Crippen molar-refractivity contribution in [2.75, 3.05) is 5.32 Å². The van der Waals surface area contributed by atoms with Crippen molar-refractivity contribution < 1.29 is 13.7 Å². The van der Waals surface area contributed by atoms with Crippen molar-refractivity contribution in [3.63, 3.8) is 0 Å². The molecule has 0 aliphatic heterocycles. The molecule has 0 radical (unpaired) electrons. The number of nitro groups is 1. The van der Waals surface area contributed by atoms with Crippen LogP contribution >= 0.6 is 11.3 Å². The first-order chi connectivity index (χ1) is 9.51. The van der Waals surface area contributed by atoms with Gasteiger partial charge in [0.15, 0.2) is 0 Å². The molecule has 0 spiro atoms. The highest BCUT2D eigenvalue weighted by molar-refractivity contribution is 7.15. The lowest BCUT2D eigenvalue weighted by atomic mass is 10.2. The number of nitrogens with one attached hydrogen (secondary N) is 1. The number of hydrogen-bond donors (Lipinski definition) is 1. The summed E-state index contributed by atoms with van der Waals surface area (Å²) in [6.07, 6.45) is 0.732. The maximum atomic E-state index is 13.5. The Morgan fingerprint density at radius 1 is 1.35 bits per heavy atom. The van der Waals surface area contributed by atoms with E-state index in [1.807, 2.05) is 6.92 Å². The third-order valence-electron chi connectivity index (χ3n) is 2.51. The number of nitro benzene ring substituents is 1. The van der Waals surface area contributed by atoms with Crippen molar-refractivity contribution in [1.82, 2.24) is 10.2 Å². The predicted octanol–water partition coefficient (Wildman–Crippen LogP) is 2.90. The number of rotatable bonds is 5. The van der Waals surface area contributed by atoms with Crippen LogP contribution in [0.15, 0.2) is 12.1 Å². The van der Waals surface area contributed by atoms with Crippen molar-refractivity contribution in [3.05, 3.63) is 44.5 Å². The molecule has 0 fully saturated rings. The summed E-state index contributed by atoms with van der Waals surface area (Å²) in [4.78, 5) is 9.71. The largest absolute Gasteiger partial charge is 0.356 e. The molecule has 0 unspecified atom stereocenters. The van der Waals surface area contributed by atoms with Gasteiger partial charge >= 0.3 is 5.69 Å². The molecule has 106 valence electrons. The van der Waals surface area contributed by atoms with E-state index in [2.05, 4.69) is 15.5 Å². The standard InChI is InChI=1S/C11H10F2N4O2S/c1-2-10-15-16-11(20-10)14-5-6-3-9(17(18)19)8(13)4-7(6)12/h3-4H,2,5H2,1H3,(H,14,16). The molecule has 1 aromatic carbocycles. The van der Waals surface area contributed by atoms with Gasteiger partial charge in [0.2, 0.25) is 10.9 Å². The molecule has 0 saturated carbocycles. The molecule has 6 nitrogen and oxygen atoms in total. The Bertz CT molecular complexity index is 647. The highest BCUT2D eigenvalue weighted by Crippen LogP contribution is 2.23. The number of aryl methyl sites for hydroxylation is 1. The lowest BCUT2D eigenvalue weighted by Gasteiger charge is -2.04. The molecule has 0 amide bonds. The van der Waals surface area contributed by atoms with Crippen LogP contribution < -0.4 is 5.32 Å². The Kier molecular flexibility index (Phi) is 4.18. The lowest BCUT2D eigenvalue weighted by Crippen LogP contribution is -2.04. The van der Waals surface area contributed by atoms with E-state index in [1.54, 1.807) is 0 Å². The molecule has 0 saturated heterocycles. The topological polar surface area (TPSA) is 81.0 Å².